The van der Waals surface area contributed by atoms with Gasteiger partial charge in [-0.1, -0.05) is 30.3 Å². The zero-order chi connectivity index (χ0) is 13.1. The summed E-state index contributed by atoms with van der Waals surface area (Å²) in [5, 5.41) is 0. The Morgan fingerprint density at radius 3 is 2.84 bits per heavy atom. The quantitative estimate of drug-likeness (QED) is 0.911. The third-order valence-electron chi connectivity index (χ3n) is 3.62. The molecule has 3 rings (SSSR count). The summed E-state index contributed by atoms with van der Waals surface area (Å²) in [7, 11) is 0. The molecule has 98 valence electrons. The monoisotopic (exact) mass is 254 g/mol. The van der Waals surface area contributed by atoms with Crippen molar-refractivity contribution in [3.05, 3.63) is 42.6 Å². The van der Waals surface area contributed by atoms with Crippen LogP contribution in [0, 0.1) is 0 Å². The van der Waals surface area contributed by atoms with Crippen molar-refractivity contribution < 1.29 is 0 Å². The number of hydrogen-bond acceptors (Lipinski definition) is 4. The van der Waals surface area contributed by atoms with Gasteiger partial charge >= 0.3 is 0 Å². The summed E-state index contributed by atoms with van der Waals surface area (Å²) in [5.74, 6) is 0.800. The van der Waals surface area contributed by atoms with Crippen LogP contribution in [0.15, 0.2) is 42.6 Å². The Balaban J connectivity index is 1.92. The fourth-order valence-corrected chi connectivity index (χ4v) is 2.60. The lowest BCUT2D eigenvalue weighted by Gasteiger charge is -2.23. The molecule has 1 unspecified atom stereocenters. The molecule has 1 aromatic carbocycles. The van der Waals surface area contributed by atoms with E-state index in [1.54, 1.807) is 0 Å². The highest BCUT2D eigenvalue weighted by Gasteiger charge is 2.25. The molecule has 1 aliphatic heterocycles. The van der Waals surface area contributed by atoms with Crippen molar-refractivity contribution in [3.8, 4) is 11.3 Å². The molecular weight excluding hydrogens is 236 g/mol. The van der Waals surface area contributed by atoms with Crippen LogP contribution < -0.4 is 10.6 Å². The summed E-state index contributed by atoms with van der Waals surface area (Å²) in [4.78, 5) is 11.3. The highest BCUT2D eigenvalue weighted by molar-refractivity contribution is 5.60. The number of nitrogens with two attached hydrogens (primary N) is 1. The van der Waals surface area contributed by atoms with Crippen molar-refractivity contribution >= 4 is 5.95 Å². The maximum absolute atomic E-state index is 5.81. The molecule has 1 aromatic heterocycles. The van der Waals surface area contributed by atoms with Crippen LogP contribution in [0.1, 0.15) is 12.8 Å². The average Bonchev–Trinajstić information content (AvgIpc) is 2.97. The van der Waals surface area contributed by atoms with Gasteiger partial charge in [-0.25, -0.2) is 9.97 Å². The average molecular weight is 254 g/mol. The zero-order valence-electron chi connectivity index (χ0n) is 10.9. The van der Waals surface area contributed by atoms with Gasteiger partial charge in [0.1, 0.15) is 0 Å². The topological polar surface area (TPSA) is 55.0 Å². The first-order chi connectivity index (χ1) is 9.38. The van der Waals surface area contributed by atoms with Crippen molar-refractivity contribution in [1.29, 1.82) is 0 Å². The number of anilines is 1. The molecule has 19 heavy (non-hydrogen) atoms. The van der Waals surface area contributed by atoms with Crippen LogP contribution in [-0.4, -0.2) is 29.1 Å². The van der Waals surface area contributed by atoms with Crippen molar-refractivity contribution in [1.82, 2.24) is 9.97 Å². The number of rotatable bonds is 3. The molecule has 0 radical (unpaired) electrons. The lowest BCUT2D eigenvalue weighted by molar-refractivity contribution is 0.664. The molecule has 1 aliphatic rings. The van der Waals surface area contributed by atoms with Gasteiger partial charge in [0.2, 0.25) is 5.95 Å². The normalized spacial score (nSPS) is 18.8. The predicted molar refractivity (Wildman–Crippen MR) is 76.9 cm³/mol. The fraction of sp³-hybridized carbons (Fsp3) is 0.333. The van der Waals surface area contributed by atoms with Crippen LogP contribution in [0.2, 0.25) is 0 Å². The van der Waals surface area contributed by atoms with Crippen molar-refractivity contribution in [2.75, 3.05) is 18.0 Å². The standard InChI is InChI=1S/C15H18N4/c16-11-13-7-4-10-19(13)15-17-9-8-14(18-15)12-5-2-1-3-6-12/h1-3,5-6,8-9,13H,4,7,10-11,16H2. The first-order valence-corrected chi connectivity index (χ1v) is 6.73. The second kappa shape index (κ2) is 5.36. The molecule has 2 aromatic rings. The molecule has 0 spiro atoms. The van der Waals surface area contributed by atoms with Gasteiger partial charge in [0.15, 0.2) is 0 Å². The molecular formula is C15H18N4. The van der Waals surface area contributed by atoms with E-state index in [2.05, 4.69) is 27.0 Å². The zero-order valence-corrected chi connectivity index (χ0v) is 10.9. The van der Waals surface area contributed by atoms with Gasteiger partial charge in [0.25, 0.3) is 0 Å². The van der Waals surface area contributed by atoms with E-state index < -0.39 is 0 Å². The summed E-state index contributed by atoms with van der Waals surface area (Å²) in [6.45, 7) is 1.67. The minimum absolute atomic E-state index is 0.381. The second-order valence-corrected chi connectivity index (χ2v) is 4.83. The maximum Gasteiger partial charge on any atom is 0.226 e. The van der Waals surface area contributed by atoms with Crippen LogP contribution in [0.5, 0.6) is 0 Å². The van der Waals surface area contributed by atoms with Gasteiger partial charge in [-0.2, -0.15) is 0 Å². The summed E-state index contributed by atoms with van der Waals surface area (Å²) >= 11 is 0. The Hall–Kier alpha value is -1.94. The van der Waals surface area contributed by atoms with Crippen molar-refractivity contribution in [2.45, 2.75) is 18.9 Å². The number of hydrogen-bond donors (Lipinski definition) is 1. The van der Waals surface area contributed by atoms with Crippen molar-refractivity contribution in [3.63, 3.8) is 0 Å². The first kappa shape index (κ1) is 12.1. The Morgan fingerprint density at radius 1 is 1.21 bits per heavy atom. The lowest BCUT2D eigenvalue weighted by Crippen LogP contribution is -2.36. The molecule has 1 saturated heterocycles. The van der Waals surface area contributed by atoms with E-state index in [0.717, 1.165) is 30.2 Å². The molecule has 1 fully saturated rings. The Kier molecular flexibility index (Phi) is 3.42. The van der Waals surface area contributed by atoms with Gasteiger partial charge in [0.05, 0.1) is 5.69 Å². The van der Waals surface area contributed by atoms with Gasteiger partial charge in [0, 0.05) is 30.9 Å². The number of nitrogens with zero attached hydrogens (tertiary/aromatic N) is 3. The van der Waals surface area contributed by atoms with Gasteiger partial charge in [-0.15, -0.1) is 0 Å². The van der Waals surface area contributed by atoms with E-state index in [0.29, 0.717) is 12.6 Å². The van der Waals surface area contributed by atoms with Gasteiger partial charge < -0.3 is 10.6 Å². The SMILES string of the molecule is NCC1CCCN1c1nccc(-c2ccccc2)n1. The Labute approximate surface area is 113 Å². The molecule has 0 bridgehead atoms. The van der Waals surface area contributed by atoms with Crippen LogP contribution >= 0.6 is 0 Å². The fourth-order valence-electron chi connectivity index (χ4n) is 2.60. The van der Waals surface area contributed by atoms with E-state index in [1.807, 2.05) is 30.5 Å². The van der Waals surface area contributed by atoms with Crippen LogP contribution in [-0.2, 0) is 0 Å². The lowest BCUT2D eigenvalue weighted by atomic mass is 10.1. The largest absolute Gasteiger partial charge is 0.337 e. The molecule has 2 N–H and O–H groups in total. The Morgan fingerprint density at radius 2 is 2.05 bits per heavy atom. The predicted octanol–water partition coefficient (Wildman–Crippen LogP) is 2.07. The number of benzene rings is 1. The minimum atomic E-state index is 0.381. The molecule has 4 nitrogen and oxygen atoms in total. The van der Waals surface area contributed by atoms with E-state index in [9.17, 15) is 0 Å². The molecule has 4 heteroatoms. The van der Waals surface area contributed by atoms with Gasteiger partial charge in [-0.3, -0.25) is 0 Å². The first-order valence-electron chi connectivity index (χ1n) is 6.73. The van der Waals surface area contributed by atoms with Gasteiger partial charge in [-0.05, 0) is 18.9 Å². The Bertz CT molecular complexity index is 541. The van der Waals surface area contributed by atoms with Crippen LogP contribution in [0.25, 0.3) is 11.3 Å². The third kappa shape index (κ3) is 2.44. The summed E-state index contributed by atoms with van der Waals surface area (Å²) in [6, 6.07) is 12.5. The van der Waals surface area contributed by atoms with Crippen molar-refractivity contribution in [2.24, 2.45) is 5.73 Å². The van der Waals surface area contributed by atoms with Crippen LogP contribution in [0.3, 0.4) is 0 Å². The summed E-state index contributed by atoms with van der Waals surface area (Å²) in [6.07, 6.45) is 4.13. The van der Waals surface area contributed by atoms with E-state index in [1.165, 1.54) is 6.42 Å². The molecule has 0 aliphatic carbocycles. The van der Waals surface area contributed by atoms with E-state index in [-0.39, 0.29) is 0 Å². The summed E-state index contributed by atoms with van der Waals surface area (Å²) < 4.78 is 0. The number of aromatic nitrogens is 2. The van der Waals surface area contributed by atoms with E-state index >= 15 is 0 Å². The smallest absolute Gasteiger partial charge is 0.226 e. The highest BCUT2D eigenvalue weighted by atomic mass is 15.3. The van der Waals surface area contributed by atoms with E-state index in [4.69, 9.17) is 5.73 Å². The maximum atomic E-state index is 5.81. The summed E-state index contributed by atoms with van der Waals surface area (Å²) in [5.41, 5.74) is 7.90. The molecule has 0 saturated carbocycles. The van der Waals surface area contributed by atoms with Crippen LogP contribution in [0.4, 0.5) is 5.95 Å². The molecule has 0 amide bonds. The molecule has 1 atom stereocenters. The minimum Gasteiger partial charge on any atom is -0.337 e. The second-order valence-electron chi connectivity index (χ2n) is 4.83. The highest BCUT2D eigenvalue weighted by Crippen LogP contribution is 2.24. The third-order valence-corrected chi connectivity index (χ3v) is 3.62. The molecule has 2 heterocycles.